The Bertz CT molecular complexity index is 457. The fraction of sp³-hybridized carbons (Fsp3) is 0.533. The number of carbonyl (C=O) groups is 1. The third-order valence-electron chi connectivity index (χ3n) is 3.63. The molecule has 0 spiro atoms. The zero-order chi connectivity index (χ0) is 13.8. The fourth-order valence-electron chi connectivity index (χ4n) is 2.40. The van der Waals surface area contributed by atoms with Crippen molar-refractivity contribution in [1.82, 2.24) is 9.80 Å². The largest absolute Gasteiger partial charge is 0.384 e. The van der Waals surface area contributed by atoms with Gasteiger partial charge in [0.25, 0.3) is 0 Å². The van der Waals surface area contributed by atoms with Gasteiger partial charge in [-0.3, -0.25) is 9.69 Å². The molecule has 0 aromatic heterocycles. The highest BCUT2D eigenvalue weighted by molar-refractivity contribution is 5.77. The second kappa shape index (κ2) is 6.06. The monoisotopic (exact) mass is 261 g/mol. The highest BCUT2D eigenvalue weighted by Gasteiger charge is 2.17. The lowest BCUT2D eigenvalue weighted by Gasteiger charge is -2.23. The summed E-state index contributed by atoms with van der Waals surface area (Å²) in [6.07, 6.45) is 1.10. The van der Waals surface area contributed by atoms with E-state index < -0.39 is 0 Å². The van der Waals surface area contributed by atoms with Crippen molar-refractivity contribution in [2.45, 2.75) is 19.9 Å². The fourth-order valence-corrected chi connectivity index (χ4v) is 2.40. The van der Waals surface area contributed by atoms with Crippen LogP contribution in [0.3, 0.4) is 0 Å². The number of fused-ring (bicyclic) bond motifs is 1. The Kier molecular flexibility index (Phi) is 4.43. The molecule has 2 rings (SSSR count). The van der Waals surface area contributed by atoms with E-state index >= 15 is 0 Å². The Morgan fingerprint density at radius 2 is 2.16 bits per heavy atom. The molecule has 104 valence electrons. The van der Waals surface area contributed by atoms with Gasteiger partial charge in [-0.25, -0.2) is 0 Å². The minimum atomic E-state index is 0.155. The molecule has 19 heavy (non-hydrogen) atoms. The SMILES string of the molecule is CCN(CC(=O)N(C)C)Cc1cccc2c1NCC2. The van der Waals surface area contributed by atoms with E-state index in [2.05, 4.69) is 35.3 Å². The van der Waals surface area contributed by atoms with E-state index in [1.807, 2.05) is 0 Å². The molecule has 0 fully saturated rings. The molecule has 0 atom stereocenters. The first kappa shape index (κ1) is 13.9. The van der Waals surface area contributed by atoms with Gasteiger partial charge < -0.3 is 10.2 Å². The van der Waals surface area contributed by atoms with Crippen molar-refractivity contribution in [3.8, 4) is 0 Å². The van der Waals surface area contributed by atoms with Crippen molar-refractivity contribution < 1.29 is 4.79 Å². The Morgan fingerprint density at radius 1 is 1.37 bits per heavy atom. The summed E-state index contributed by atoms with van der Waals surface area (Å²) in [5, 5.41) is 3.45. The van der Waals surface area contributed by atoms with E-state index in [0.29, 0.717) is 6.54 Å². The van der Waals surface area contributed by atoms with Crippen LogP contribution in [0.25, 0.3) is 0 Å². The van der Waals surface area contributed by atoms with Crippen molar-refractivity contribution in [3.05, 3.63) is 29.3 Å². The lowest BCUT2D eigenvalue weighted by molar-refractivity contribution is -0.130. The number of rotatable bonds is 5. The summed E-state index contributed by atoms with van der Waals surface area (Å²) in [4.78, 5) is 15.6. The molecule has 0 unspecified atom stereocenters. The van der Waals surface area contributed by atoms with Gasteiger partial charge in [0.05, 0.1) is 6.54 Å². The molecule has 1 aromatic carbocycles. The Labute approximate surface area is 115 Å². The summed E-state index contributed by atoms with van der Waals surface area (Å²) in [6.45, 7) is 5.30. The van der Waals surface area contributed by atoms with Gasteiger partial charge in [0.15, 0.2) is 0 Å². The molecule has 0 saturated carbocycles. The first-order valence-corrected chi connectivity index (χ1v) is 6.89. The molecular weight excluding hydrogens is 238 g/mol. The number of likely N-dealkylation sites (N-methyl/N-ethyl adjacent to an activating group) is 2. The van der Waals surface area contributed by atoms with Gasteiger partial charge in [0.2, 0.25) is 5.91 Å². The number of carbonyl (C=O) groups excluding carboxylic acids is 1. The van der Waals surface area contributed by atoms with E-state index in [0.717, 1.165) is 26.1 Å². The highest BCUT2D eigenvalue weighted by atomic mass is 16.2. The van der Waals surface area contributed by atoms with Crippen LogP contribution >= 0.6 is 0 Å². The maximum absolute atomic E-state index is 11.8. The first-order valence-electron chi connectivity index (χ1n) is 6.89. The van der Waals surface area contributed by atoms with E-state index in [1.54, 1.807) is 19.0 Å². The standard InChI is InChI=1S/C15H23N3O/c1-4-18(11-14(19)17(2)3)10-13-7-5-6-12-8-9-16-15(12)13/h5-7,16H,4,8-11H2,1-3H3. The van der Waals surface area contributed by atoms with Gasteiger partial charge in [-0.05, 0) is 24.1 Å². The molecule has 1 aliphatic heterocycles. The molecule has 1 amide bonds. The molecular formula is C15H23N3O. The van der Waals surface area contributed by atoms with Crippen LogP contribution in [0.1, 0.15) is 18.1 Å². The number of hydrogen-bond acceptors (Lipinski definition) is 3. The highest BCUT2D eigenvalue weighted by Crippen LogP contribution is 2.27. The summed E-state index contributed by atoms with van der Waals surface area (Å²) >= 11 is 0. The summed E-state index contributed by atoms with van der Waals surface area (Å²) in [5.41, 5.74) is 3.97. The normalized spacial score (nSPS) is 13.3. The number of anilines is 1. The number of benzene rings is 1. The van der Waals surface area contributed by atoms with Gasteiger partial charge in [0, 0.05) is 32.9 Å². The van der Waals surface area contributed by atoms with Crippen LogP contribution in [0.2, 0.25) is 0 Å². The van der Waals surface area contributed by atoms with Crippen molar-refractivity contribution >= 4 is 11.6 Å². The first-order chi connectivity index (χ1) is 9.11. The molecule has 1 N–H and O–H groups in total. The Hall–Kier alpha value is -1.55. The quantitative estimate of drug-likeness (QED) is 0.874. The van der Waals surface area contributed by atoms with E-state index in [-0.39, 0.29) is 5.91 Å². The Balaban J connectivity index is 2.07. The second-order valence-corrected chi connectivity index (χ2v) is 5.22. The lowest BCUT2D eigenvalue weighted by Crippen LogP contribution is -2.36. The van der Waals surface area contributed by atoms with Crippen molar-refractivity contribution in [3.63, 3.8) is 0 Å². The zero-order valence-corrected chi connectivity index (χ0v) is 12.1. The summed E-state index contributed by atoms with van der Waals surface area (Å²) in [5.74, 6) is 0.155. The van der Waals surface area contributed by atoms with E-state index in [4.69, 9.17) is 0 Å². The summed E-state index contributed by atoms with van der Waals surface area (Å²) in [7, 11) is 3.61. The van der Waals surface area contributed by atoms with Gasteiger partial charge in [-0.1, -0.05) is 25.1 Å². The molecule has 1 heterocycles. The van der Waals surface area contributed by atoms with Crippen LogP contribution in [0.5, 0.6) is 0 Å². The Morgan fingerprint density at radius 3 is 2.84 bits per heavy atom. The van der Waals surface area contributed by atoms with Crippen LogP contribution in [0.4, 0.5) is 5.69 Å². The molecule has 1 aliphatic rings. The average molecular weight is 261 g/mol. The predicted molar refractivity (Wildman–Crippen MR) is 78.3 cm³/mol. The minimum absolute atomic E-state index is 0.155. The van der Waals surface area contributed by atoms with Crippen LogP contribution in [0, 0.1) is 0 Å². The number of hydrogen-bond donors (Lipinski definition) is 1. The van der Waals surface area contributed by atoms with Gasteiger partial charge in [-0.15, -0.1) is 0 Å². The second-order valence-electron chi connectivity index (χ2n) is 5.22. The number of amides is 1. The minimum Gasteiger partial charge on any atom is -0.384 e. The van der Waals surface area contributed by atoms with E-state index in [1.165, 1.54) is 16.8 Å². The third kappa shape index (κ3) is 3.26. The van der Waals surface area contributed by atoms with Gasteiger partial charge in [0.1, 0.15) is 0 Å². The van der Waals surface area contributed by atoms with Gasteiger partial charge >= 0.3 is 0 Å². The number of nitrogens with one attached hydrogen (secondary N) is 1. The van der Waals surface area contributed by atoms with Crippen LogP contribution < -0.4 is 5.32 Å². The topological polar surface area (TPSA) is 35.6 Å². The van der Waals surface area contributed by atoms with Crippen molar-refractivity contribution in [2.24, 2.45) is 0 Å². The maximum atomic E-state index is 11.8. The summed E-state index contributed by atoms with van der Waals surface area (Å²) < 4.78 is 0. The molecule has 0 radical (unpaired) electrons. The number of para-hydroxylation sites is 1. The molecule has 0 saturated heterocycles. The molecule has 0 bridgehead atoms. The zero-order valence-electron chi connectivity index (χ0n) is 12.1. The molecule has 1 aromatic rings. The van der Waals surface area contributed by atoms with Crippen LogP contribution in [0.15, 0.2) is 18.2 Å². The molecule has 4 nitrogen and oxygen atoms in total. The van der Waals surface area contributed by atoms with Crippen molar-refractivity contribution in [1.29, 1.82) is 0 Å². The average Bonchev–Trinajstić information content (AvgIpc) is 2.86. The van der Waals surface area contributed by atoms with Gasteiger partial charge in [-0.2, -0.15) is 0 Å². The maximum Gasteiger partial charge on any atom is 0.236 e. The number of nitrogens with zero attached hydrogens (tertiary/aromatic N) is 2. The predicted octanol–water partition coefficient (Wildman–Crippen LogP) is 1.56. The summed E-state index contributed by atoms with van der Waals surface area (Å²) in [6, 6.07) is 6.45. The third-order valence-corrected chi connectivity index (χ3v) is 3.63. The van der Waals surface area contributed by atoms with Crippen LogP contribution in [-0.4, -0.2) is 49.4 Å². The van der Waals surface area contributed by atoms with E-state index in [9.17, 15) is 4.79 Å². The lowest BCUT2D eigenvalue weighted by atomic mass is 10.1. The molecule has 0 aliphatic carbocycles. The van der Waals surface area contributed by atoms with Crippen LogP contribution in [-0.2, 0) is 17.8 Å². The molecule has 4 heteroatoms. The van der Waals surface area contributed by atoms with Crippen molar-refractivity contribution in [2.75, 3.05) is 39.0 Å². The smallest absolute Gasteiger partial charge is 0.236 e.